The molecule has 0 radical (unpaired) electrons. The van der Waals surface area contributed by atoms with Crippen LogP contribution in [0.15, 0.2) is 18.3 Å². The van der Waals surface area contributed by atoms with Gasteiger partial charge in [0.05, 0.1) is 6.61 Å². The Morgan fingerprint density at radius 1 is 1.45 bits per heavy atom. The minimum Gasteiger partial charge on any atom is -0.479 e. The number of carboxylic acid groups (broad SMARTS) is 1. The lowest BCUT2D eigenvalue weighted by atomic mass is 9.92. The molecule has 20 heavy (non-hydrogen) atoms. The van der Waals surface area contributed by atoms with Crippen LogP contribution < -0.4 is 5.32 Å². The van der Waals surface area contributed by atoms with Gasteiger partial charge in [0, 0.05) is 25.3 Å². The van der Waals surface area contributed by atoms with Crippen LogP contribution >= 0.6 is 0 Å². The van der Waals surface area contributed by atoms with E-state index in [4.69, 9.17) is 4.74 Å². The Hall–Kier alpha value is -1.82. The van der Waals surface area contributed by atoms with Gasteiger partial charge < -0.3 is 19.7 Å². The van der Waals surface area contributed by atoms with Gasteiger partial charge >= 0.3 is 5.97 Å². The van der Waals surface area contributed by atoms with Crippen molar-refractivity contribution in [2.24, 2.45) is 0 Å². The molecule has 1 aliphatic heterocycles. The van der Waals surface area contributed by atoms with Crippen LogP contribution in [0.4, 0.5) is 0 Å². The van der Waals surface area contributed by atoms with E-state index in [1.54, 1.807) is 6.07 Å². The largest absolute Gasteiger partial charge is 0.479 e. The summed E-state index contributed by atoms with van der Waals surface area (Å²) in [7, 11) is 0. The first-order chi connectivity index (χ1) is 9.62. The molecule has 0 aromatic carbocycles. The molecule has 1 atom stereocenters. The molecule has 2 fully saturated rings. The second-order valence-corrected chi connectivity index (χ2v) is 5.53. The van der Waals surface area contributed by atoms with Crippen LogP contribution in [0.2, 0.25) is 0 Å². The highest BCUT2D eigenvalue weighted by atomic mass is 16.5. The predicted octanol–water partition coefficient (Wildman–Crippen LogP) is 1.19. The van der Waals surface area contributed by atoms with Gasteiger partial charge in [0.1, 0.15) is 5.69 Å². The summed E-state index contributed by atoms with van der Waals surface area (Å²) in [4.78, 5) is 23.8. The second-order valence-electron chi connectivity index (χ2n) is 5.53. The molecule has 1 amide bonds. The minimum absolute atomic E-state index is 0.0260. The lowest BCUT2D eigenvalue weighted by Gasteiger charge is -2.30. The number of hydrogen-bond acceptors (Lipinski definition) is 3. The maximum absolute atomic E-state index is 12.4. The van der Waals surface area contributed by atoms with Gasteiger partial charge in [-0.2, -0.15) is 0 Å². The summed E-state index contributed by atoms with van der Waals surface area (Å²) < 4.78 is 7.10. The zero-order chi connectivity index (χ0) is 14.2. The van der Waals surface area contributed by atoms with Crippen molar-refractivity contribution in [1.82, 2.24) is 9.88 Å². The Bertz CT molecular complexity index is 527. The molecular formula is C14H18N2O4. The molecule has 1 aromatic rings. The van der Waals surface area contributed by atoms with Gasteiger partial charge in [0.15, 0.2) is 5.54 Å². The summed E-state index contributed by atoms with van der Waals surface area (Å²) >= 11 is 0. The van der Waals surface area contributed by atoms with E-state index in [1.807, 2.05) is 16.8 Å². The normalized spacial score (nSPS) is 26.2. The van der Waals surface area contributed by atoms with E-state index in [0.29, 0.717) is 24.8 Å². The van der Waals surface area contributed by atoms with E-state index < -0.39 is 11.5 Å². The standard InChI is InChI=1S/C14H18N2O4/c17-12(15-14(13(18)19)6-8-20-9-14)11-5-2-7-16(11)10-3-1-4-10/h2,5,7,10H,1,3-4,6,8-9H2,(H,15,17)(H,18,19). The van der Waals surface area contributed by atoms with Gasteiger partial charge in [0.2, 0.25) is 0 Å². The number of amides is 1. The van der Waals surface area contributed by atoms with Crippen molar-refractivity contribution in [3.8, 4) is 0 Å². The maximum atomic E-state index is 12.4. The number of rotatable bonds is 4. The number of nitrogens with zero attached hydrogens (tertiary/aromatic N) is 1. The molecule has 2 heterocycles. The van der Waals surface area contributed by atoms with E-state index in [9.17, 15) is 14.7 Å². The highest BCUT2D eigenvalue weighted by Crippen LogP contribution is 2.33. The van der Waals surface area contributed by atoms with Crippen LogP contribution in [0.1, 0.15) is 42.2 Å². The zero-order valence-corrected chi connectivity index (χ0v) is 11.2. The molecule has 1 unspecified atom stereocenters. The van der Waals surface area contributed by atoms with Gasteiger partial charge in [-0.25, -0.2) is 4.79 Å². The molecule has 108 valence electrons. The van der Waals surface area contributed by atoms with E-state index in [1.165, 1.54) is 6.42 Å². The van der Waals surface area contributed by atoms with Crippen LogP contribution in [0.25, 0.3) is 0 Å². The highest BCUT2D eigenvalue weighted by Gasteiger charge is 2.44. The van der Waals surface area contributed by atoms with Crippen LogP contribution in [0, 0.1) is 0 Å². The number of carbonyl (C=O) groups is 2. The van der Waals surface area contributed by atoms with Crippen molar-refractivity contribution in [3.63, 3.8) is 0 Å². The number of nitrogens with one attached hydrogen (secondary N) is 1. The fourth-order valence-corrected chi connectivity index (χ4v) is 2.74. The smallest absolute Gasteiger partial charge is 0.331 e. The maximum Gasteiger partial charge on any atom is 0.331 e. The number of aromatic nitrogens is 1. The van der Waals surface area contributed by atoms with Gasteiger partial charge in [-0.1, -0.05) is 0 Å². The summed E-state index contributed by atoms with van der Waals surface area (Å²) in [5, 5.41) is 12.0. The van der Waals surface area contributed by atoms with Gasteiger partial charge in [-0.15, -0.1) is 0 Å². The lowest BCUT2D eigenvalue weighted by Crippen LogP contribution is -2.55. The Morgan fingerprint density at radius 3 is 2.80 bits per heavy atom. The topological polar surface area (TPSA) is 80.6 Å². The second kappa shape index (κ2) is 4.94. The van der Waals surface area contributed by atoms with Crippen molar-refractivity contribution in [1.29, 1.82) is 0 Å². The monoisotopic (exact) mass is 278 g/mol. The van der Waals surface area contributed by atoms with Gasteiger partial charge in [-0.05, 0) is 31.4 Å². The molecule has 2 aliphatic rings. The summed E-state index contributed by atoms with van der Waals surface area (Å²) in [5.74, 6) is -1.38. The van der Waals surface area contributed by atoms with E-state index >= 15 is 0 Å². The number of ether oxygens (including phenoxy) is 1. The Labute approximate surface area is 116 Å². The molecule has 2 N–H and O–H groups in total. The van der Waals surface area contributed by atoms with Crippen molar-refractivity contribution in [2.45, 2.75) is 37.3 Å². The van der Waals surface area contributed by atoms with Crippen molar-refractivity contribution >= 4 is 11.9 Å². The summed E-state index contributed by atoms with van der Waals surface area (Å²) in [6.45, 7) is 0.383. The number of carboxylic acids is 1. The average molecular weight is 278 g/mol. The molecule has 6 nitrogen and oxygen atoms in total. The van der Waals surface area contributed by atoms with Crippen LogP contribution in [-0.4, -0.2) is 40.3 Å². The molecule has 1 saturated heterocycles. The molecule has 0 spiro atoms. The number of aliphatic carboxylic acids is 1. The van der Waals surface area contributed by atoms with Crippen molar-refractivity contribution < 1.29 is 19.4 Å². The Kier molecular flexibility index (Phi) is 3.25. The first-order valence-electron chi connectivity index (χ1n) is 6.93. The third-order valence-corrected chi connectivity index (χ3v) is 4.26. The zero-order valence-electron chi connectivity index (χ0n) is 11.2. The molecule has 6 heteroatoms. The minimum atomic E-state index is -1.29. The summed E-state index contributed by atoms with van der Waals surface area (Å²) in [6.07, 6.45) is 5.51. The van der Waals surface area contributed by atoms with Crippen LogP contribution in [0.5, 0.6) is 0 Å². The van der Waals surface area contributed by atoms with Crippen LogP contribution in [-0.2, 0) is 9.53 Å². The Morgan fingerprint density at radius 2 is 2.25 bits per heavy atom. The summed E-state index contributed by atoms with van der Waals surface area (Å²) in [5.41, 5.74) is -0.756. The van der Waals surface area contributed by atoms with Crippen LogP contribution in [0.3, 0.4) is 0 Å². The Balaban J connectivity index is 1.79. The predicted molar refractivity (Wildman–Crippen MR) is 70.6 cm³/mol. The van der Waals surface area contributed by atoms with Gasteiger partial charge in [0.25, 0.3) is 5.91 Å². The van der Waals surface area contributed by atoms with Gasteiger partial charge in [-0.3, -0.25) is 4.79 Å². The van der Waals surface area contributed by atoms with E-state index in [0.717, 1.165) is 12.8 Å². The first-order valence-corrected chi connectivity index (χ1v) is 6.93. The fourth-order valence-electron chi connectivity index (χ4n) is 2.74. The number of hydrogen-bond donors (Lipinski definition) is 2. The van der Waals surface area contributed by atoms with Crippen molar-refractivity contribution in [3.05, 3.63) is 24.0 Å². The average Bonchev–Trinajstić information content (AvgIpc) is 2.96. The molecule has 1 aliphatic carbocycles. The fraction of sp³-hybridized carbons (Fsp3) is 0.571. The molecule has 3 rings (SSSR count). The summed E-state index contributed by atoms with van der Waals surface area (Å²) in [6, 6.07) is 3.93. The molecule has 0 bridgehead atoms. The molecular weight excluding hydrogens is 260 g/mol. The molecule has 1 aromatic heterocycles. The van der Waals surface area contributed by atoms with E-state index in [2.05, 4.69) is 5.32 Å². The van der Waals surface area contributed by atoms with E-state index in [-0.39, 0.29) is 12.5 Å². The van der Waals surface area contributed by atoms with Crippen molar-refractivity contribution in [2.75, 3.05) is 13.2 Å². The molecule has 1 saturated carbocycles. The SMILES string of the molecule is O=C(NC1(C(=O)O)CCOC1)c1cccn1C1CCC1. The number of carbonyl (C=O) groups excluding carboxylic acids is 1. The lowest BCUT2D eigenvalue weighted by molar-refractivity contribution is -0.144. The third-order valence-electron chi connectivity index (χ3n) is 4.26. The quantitative estimate of drug-likeness (QED) is 0.867. The first kappa shape index (κ1) is 13.2. The highest BCUT2D eigenvalue weighted by molar-refractivity contribution is 5.97. The third kappa shape index (κ3) is 2.10.